The summed E-state index contributed by atoms with van der Waals surface area (Å²) in [4.78, 5) is 43.0. The van der Waals surface area contributed by atoms with Crippen LogP contribution in [-0.4, -0.2) is 93.3 Å². The van der Waals surface area contributed by atoms with Gasteiger partial charge < -0.3 is 47.4 Å². The van der Waals surface area contributed by atoms with E-state index in [2.05, 4.69) is 10.6 Å². The molecular formula is C34H38F4N6O7S. The molecule has 52 heavy (non-hydrogen) atoms. The van der Waals surface area contributed by atoms with E-state index in [0.29, 0.717) is 31.2 Å². The number of nitrogens with two attached hydrogens (primary N) is 2. The first-order chi connectivity index (χ1) is 23.8. The van der Waals surface area contributed by atoms with Gasteiger partial charge >= 0.3 is 0 Å². The van der Waals surface area contributed by atoms with E-state index >= 15 is 0 Å². The number of nitrogens with one attached hydrogen (secondary N) is 2. The number of alkyl halides is 4. The minimum atomic E-state index is -3.48. The van der Waals surface area contributed by atoms with Crippen molar-refractivity contribution in [2.75, 3.05) is 43.7 Å². The Hall–Kier alpha value is -4.78. The molecule has 0 aliphatic heterocycles. The van der Waals surface area contributed by atoms with Crippen LogP contribution in [0.3, 0.4) is 0 Å². The van der Waals surface area contributed by atoms with Gasteiger partial charge in [-0.15, -0.1) is 0 Å². The second-order valence-corrected chi connectivity index (χ2v) is 14.4. The van der Waals surface area contributed by atoms with Crippen LogP contribution in [0.25, 0.3) is 5.76 Å². The summed E-state index contributed by atoms with van der Waals surface area (Å²) < 4.78 is 56.8. The van der Waals surface area contributed by atoms with Gasteiger partial charge in [-0.05, 0) is 74.9 Å². The molecule has 13 nitrogen and oxygen atoms in total. The normalized spacial score (nSPS) is 24.7. The van der Waals surface area contributed by atoms with Crippen LogP contribution >= 0.6 is 12.2 Å². The number of primary amides is 1. The van der Waals surface area contributed by atoms with Crippen molar-refractivity contribution in [1.29, 1.82) is 0 Å². The number of hydrogen-bond donors (Lipinski definition) is 8. The van der Waals surface area contributed by atoms with Gasteiger partial charge in [0.15, 0.2) is 16.7 Å². The first-order valence-corrected chi connectivity index (χ1v) is 16.2. The number of carbonyl (C=O) groups excluding carboxylic acids is 3. The highest BCUT2D eigenvalue weighted by Gasteiger charge is 2.71. The maximum Gasteiger partial charge on any atom is 0.270 e. The molecule has 18 heteroatoms. The van der Waals surface area contributed by atoms with Crippen molar-refractivity contribution in [3.8, 4) is 5.75 Å². The van der Waals surface area contributed by atoms with E-state index in [1.165, 1.54) is 25.1 Å². The highest BCUT2D eigenvalue weighted by Crippen LogP contribution is 2.55. The molecule has 3 aliphatic rings. The topological polar surface area (TPSA) is 215 Å². The number of likely N-dealkylation sites (N-methyl/N-ethyl adjacent to an activating group) is 1. The smallest absolute Gasteiger partial charge is 0.270 e. The Morgan fingerprint density at radius 1 is 0.981 bits per heavy atom. The fraction of sp³-hybridized carbons (Fsp3) is 0.412. The lowest BCUT2D eigenvalue weighted by molar-refractivity contribution is -0.157. The first-order valence-electron chi connectivity index (χ1n) is 15.8. The van der Waals surface area contributed by atoms with Gasteiger partial charge in [0.05, 0.1) is 22.8 Å². The molecule has 0 aromatic heterocycles. The van der Waals surface area contributed by atoms with Gasteiger partial charge in [-0.3, -0.25) is 19.3 Å². The maximum absolute atomic E-state index is 14.3. The molecule has 10 N–H and O–H groups in total. The van der Waals surface area contributed by atoms with Crippen LogP contribution in [0.2, 0.25) is 0 Å². The highest BCUT2D eigenvalue weighted by molar-refractivity contribution is 7.80. The number of fused-ring (bicyclic) bond motifs is 3. The summed E-state index contributed by atoms with van der Waals surface area (Å²) in [6.07, 6.45) is -0.442. The minimum Gasteiger partial charge on any atom is -0.508 e. The van der Waals surface area contributed by atoms with Crippen LogP contribution in [0.1, 0.15) is 42.5 Å². The number of nitrogens with zero attached hydrogens (tertiary/aromatic N) is 2. The number of hydrogen-bond acceptors (Lipinski definition) is 11. The zero-order chi connectivity index (χ0) is 39.2. The van der Waals surface area contributed by atoms with E-state index in [0.717, 1.165) is 12.1 Å². The number of amides is 1. The second kappa shape index (κ2) is 12.4. The molecule has 280 valence electrons. The highest BCUT2D eigenvalue weighted by atomic mass is 32.1. The number of phenols is 1. The molecule has 0 radical (unpaired) electrons. The number of Topliss-reactive ketones (excluding diaryl/α,β-unsaturated/α-hetero) is 2. The quantitative estimate of drug-likeness (QED) is 0.0885. The number of aromatic hydroxyl groups is 1. The SMILES string of the molecule is CN(C)c1cc(NC(=S)Nc2cc(C(C)(F)F)cc(C(C)(F)F)c2)c(O)c2c1C[C@H]1C[C@@]3(N)C(N(C)C)C(=O)C(C(N)=O)=C(O)[C@@]3(O)C(=O)C1=C2O. The van der Waals surface area contributed by atoms with E-state index in [9.17, 15) is 52.4 Å². The van der Waals surface area contributed by atoms with Gasteiger partial charge in [-0.25, -0.2) is 17.6 Å². The fourth-order valence-corrected chi connectivity index (χ4v) is 7.72. The molecule has 2 aromatic carbocycles. The molecule has 5 rings (SSSR count). The number of benzene rings is 2. The summed E-state index contributed by atoms with van der Waals surface area (Å²) in [6.45, 7) is 1.09. The number of aliphatic hydroxyl groups excluding tert-OH is 2. The Morgan fingerprint density at radius 2 is 1.54 bits per heavy atom. The molecule has 0 spiro atoms. The van der Waals surface area contributed by atoms with Crippen molar-refractivity contribution in [2.24, 2.45) is 17.4 Å². The lowest BCUT2D eigenvalue weighted by atomic mass is 9.53. The van der Waals surface area contributed by atoms with Gasteiger partial charge in [-0.2, -0.15) is 0 Å². The van der Waals surface area contributed by atoms with Gasteiger partial charge in [0.1, 0.15) is 17.1 Å². The molecule has 0 heterocycles. The zero-order valence-electron chi connectivity index (χ0n) is 28.9. The Labute approximate surface area is 300 Å². The van der Waals surface area contributed by atoms with E-state index in [-0.39, 0.29) is 34.9 Å². The Balaban J connectivity index is 1.62. The molecule has 1 amide bonds. The van der Waals surface area contributed by atoms with Crippen molar-refractivity contribution in [2.45, 2.75) is 55.7 Å². The van der Waals surface area contributed by atoms with Gasteiger partial charge in [0.25, 0.3) is 17.8 Å². The number of aliphatic hydroxyl groups is 3. The number of halogens is 4. The monoisotopic (exact) mass is 750 g/mol. The number of rotatable bonds is 7. The molecule has 1 saturated carbocycles. The van der Waals surface area contributed by atoms with E-state index in [4.69, 9.17) is 23.7 Å². The summed E-state index contributed by atoms with van der Waals surface area (Å²) in [5, 5.41) is 51.3. The number of ketones is 2. The van der Waals surface area contributed by atoms with Crippen molar-refractivity contribution in [3.63, 3.8) is 0 Å². The fourth-order valence-electron chi connectivity index (χ4n) is 7.49. The number of thiocarbonyl (C=S) groups is 1. The molecule has 1 unspecified atom stereocenters. The molecular weight excluding hydrogens is 712 g/mol. The lowest BCUT2D eigenvalue weighted by Crippen LogP contribution is -2.80. The number of carbonyl (C=O) groups is 3. The maximum atomic E-state index is 14.3. The molecule has 0 saturated heterocycles. The zero-order valence-corrected chi connectivity index (χ0v) is 29.7. The average molecular weight is 751 g/mol. The van der Waals surface area contributed by atoms with Gasteiger partial charge in [0.2, 0.25) is 11.4 Å². The third-order valence-corrected chi connectivity index (χ3v) is 10.0. The van der Waals surface area contributed by atoms with E-state index in [1.54, 1.807) is 19.0 Å². The predicted molar refractivity (Wildman–Crippen MR) is 187 cm³/mol. The van der Waals surface area contributed by atoms with Crippen LogP contribution in [0.5, 0.6) is 5.75 Å². The molecule has 1 fully saturated rings. The van der Waals surface area contributed by atoms with E-state index < -0.39 is 92.0 Å². The summed E-state index contributed by atoms with van der Waals surface area (Å²) in [5.74, 6) is -14.5. The van der Waals surface area contributed by atoms with Gasteiger partial charge in [-0.1, -0.05) is 0 Å². The van der Waals surface area contributed by atoms with Crippen molar-refractivity contribution < 1.29 is 52.4 Å². The molecule has 2 aromatic rings. The number of anilines is 3. The lowest BCUT2D eigenvalue weighted by Gasteiger charge is -2.56. The van der Waals surface area contributed by atoms with E-state index in [1.807, 2.05) is 0 Å². The predicted octanol–water partition coefficient (Wildman–Crippen LogP) is 3.14. The van der Waals surface area contributed by atoms with Crippen LogP contribution in [0.4, 0.5) is 34.6 Å². The summed E-state index contributed by atoms with van der Waals surface area (Å²) in [7, 11) is 6.12. The first kappa shape index (κ1) is 38.5. The minimum absolute atomic E-state index is 0.0763. The Kier molecular flexibility index (Phi) is 9.19. The summed E-state index contributed by atoms with van der Waals surface area (Å²) in [6, 6.07) is 2.46. The molecule has 4 atom stereocenters. The third-order valence-electron chi connectivity index (χ3n) is 9.83. The Morgan fingerprint density at radius 3 is 2.02 bits per heavy atom. The van der Waals surface area contributed by atoms with Crippen molar-refractivity contribution in [1.82, 2.24) is 4.90 Å². The molecule has 3 aliphatic carbocycles. The van der Waals surface area contributed by atoms with Crippen LogP contribution in [-0.2, 0) is 32.6 Å². The van der Waals surface area contributed by atoms with Crippen LogP contribution in [0.15, 0.2) is 41.2 Å². The standard InChI is InChI=1S/C34H38F4N6O7S/c1-31(35,36)14-8-15(32(2,37)38)10-16(9-14)41-30(52)42-18-11-19(43(3)4)17-7-13-12-33(40)26(44(5)6)25(47)22(29(39)50)28(49)34(33,51)27(48)20(13)24(46)21(17)23(18)45/h8-11,13,26,45-46,49,51H,7,12,40H2,1-6H3,(H2,39,50)(H2,41,42,52)/t13-,26?,33+,34-/m0/s1. The van der Waals surface area contributed by atoms with Crippen LogP contribution < -0.4 is 27.0 Å². The van der Waals surface area contributed by atoms with Crippen LogP contribution in [0, 0.1) is 5.92 Å². The number of phenolic OH excluding ortho intramolecular Hbond substituents is 1. The van der Waals surface area contributed by atoms with Crippen molar-refractivity contribution in [3.05, 3.63) is 63.4 Å². The third kappa shape index (κ3) is 5.82. The Bertz CT molecular complexity index is 1980. The van der Waals surface area contributed by atoms with Gasteiger partial charge in [0, 0.05) is 56.0 Å². The summed E-state index contributed by atoms with van der Waals surface area (Å²) in [5.41, 5.74) is 3.88. The largest absolute Gasteiger partial charge is 0.508 e. The van der Waals surface area contributed by atoms with Crippen molar-refractivity contribution >= 4 is 57.6 Å². The molecule has 0 bridgehead atoms. The second-order valence-electron chi connectivity index (χ2n) is 14.0. The summed E-state index contributed by atoms with van der Waals surface area (Å²) >= 11 is 5.33. The average Bonchev–Trinajstić information content (AvgIpc) is 2.99.